The van der Waals surface area contributed by atoms with Gasteiger partial charge in [0.1, 0.15) is 0 Å². The molecule has 0 spiro atoms. The fourth-order valence-corrected chi connectivity index (χ4v) is 2.12. The van der Waals surface area contributed by atoms with Gasteiger partial charge in [-0.3, -0.25) is 0 Å². The molecule has 1 aliphatic carbocycles. The van der Waals surface area contributed by atoms with Gasteiger partial charge in [-0.15, -0.1) is 0 Å². The highest BCUT2D eigenvalue weighted by Crippen LogP contribution is 2.35. The molecule has 16 heavy (non-hydrogen) atoms. The molecule has 0 bridgehead atoms. The van der Waals surface area contributed by atoms with Crippen molar-refractivity contribution < 1.29 is 0 Å². The van der Waals surface area contributed by atoms with Gasteiger partial charge in [0.15, 0.2) is 0 Å². The maximum atomic E-state index is 6.09. The smallest absolute Gasteiger partial charge is 0.0605 e. The largest absolute Gasteiger partial charge is 0.397 e. The average Bonchev–Trinajstić information content (AvgIpc) is 3.08. The Kier molecular flexibility index (Phi) is 3.37. The zero-order chi connectivity index (χ0) is 11.5. The van der Waals surface area contributed by atoms with Crippen molar-refractivity contribution in [3.05, 3.63) is 23.8 Å². The lowest BCUT2D eigenvalue weighted by Crippen LogP contribution is -2.27. The quantitative estimate of drug-likeness (QED) is 0.768. The summed E-state index contributed by atoms with van der Waals surface area (Å²) >= 11 is 0. The van der Waals surface area contributed by atoms with Crippen LogP contribution in [0.3, 0.4) is 0 Å². The van der Waals surface area contributed by atoms with E-state index in [1.54, 1.807) is 0 Å². The molecule has 0 atom stereocenters. The van der Waals surface area contributed by atoms with E-state index < -0.39 is 0 Å². The molecule has 0 amide bonds. The molecule has 0 heterocycles. The van der Waals surface area contributed by atoms with Gasteiger partial charge >= 0.3 is 0 Å². The van der Waals surface area contributed by atoms with E-state index >= 15 is 0 Å². The van der Waals surface area contributed by atoms with E-state index in [2.05, 4.69) is 30.9 Å². The van der Waals surface area contributed by atoms with Crippen LogP contribution in [0.15, 0.2) is 18.2 Å². The molecule has 1 aromatic rings. The summed E-state index contributed by atoms with van der Waals surface area (Å²) < 4.78 is 0. The summed E-state index contributed by atoms with van der Waals surface area (Å²) in [7, 11) is 0. The van der Waals surface area contributed by atoms with Crippen molar-refractivity contribution in [2.24, 2.45) is 0 Å². The van der Waals surface area contributed by atoms with Crippen LogP contribution in [0.2, 0.25) is 0 Å². The predicted molar refractivity (Wildman–Crippen MR) is 70.9 cm³/mol. The zero-order valence-electron chi connectivity index (χ0n) is 10.4. The summed E-state index contributed by atoms with van der Waals surface area (Å²) in [6, 6.07) is 7.09. The maximum Gasteiger partial charge on any atom is 0.0605 e. The fraction of sp³-hybridized carbons (Fsp3) is 0.571. The van der Waals surface area contributed by atoms with Gasteiger partial charge in [0.2, 0.25) is 0 Å². The summed E-state index contributed by atoms with van der Waals surface area (Å²) in [5.74, 6) is 0. The van der Waals surface area contributed by atoms with Crippen LogP contribution in [-0.2, 0) is 0 Å². The van der Waals surface area contributed by atoms with Crippen LogP contribution in [0.25, 0.3) is 0 Å². The topological polar surface area (TPSA) is 29.3 Å². The summed E-state index contributed by atoms with van der Waals surface area (Å²) in [6.07, 6.45) is 5.16. The van der Waals surface area contributed by atoms with E-state index in [4.69, 9.17) is 5.73 Å². The minimum atomic E-state index is 0.746. The first kappa shape index (κ1) is 11.3. The van der Waals surface area contributed by atoms with Crippen molar-refractivity contribution in [3.8, 4) is 0 Å². The Balaban J connectivity index is 2.19. The molecule has 1 fully saturated rings. The van der Waals surface area contributed by atoms with E-state index in [0.717, 1.165) is 18.3 Å². The van der Waals surface area contributed by atoms with Gasteiger partial charge in [-0.1, -0.05) is 19.4 Å². The first-order valence-corrected chi connectivity index (χ1v) is 6.35. The Labute approximate surface area is 98.4 Å². The number of hydrogen-bond acceptors (Lipinski definition) is 2. The third-order valence-corrected chi connectivity index (χ3v) is 3.24. The van der Waals surface area contributed by atoms with Crippen LogP contribution >= 0.6 is 0 Å². The molecule has 1 aromatic carbocycles. The number of rotatable bonds is 5. The molecule has 0 aliphatic heterocycles. The molecule has 0 aromatic heterocycles. The molecule has 2 N–H and O–H groups in total. The van der Waals surface area contributed by atoms with Crippen molar-refractivity contribution >= 4 is 11.4 Å². The lowest BCUT2D eigenvalue weighted by molar-refractivity contribution is 0.713. The second-order valence-electron chi connectivity index (χ2n) is 4.84. The van der Waals surface area contributed by atoms with Crippen LogP contribution < -0.4 is 10.6 Å². The third kappa shape index (κ3) is 2.49. The summed E-state index contributed by atoms with van der Waals surface area (Å²) in [5, 5.41) is 0. The molecular formula is C14H22N2. The number of benzene rings is 1. The van der Waals surface area contributed by atoms with Crippen molar-refractivity contribution in [2.45, 2.75) is 45.6 Å². The Morgan fingerprint density at radius 1 is 1.38 bits per heavy atom. The monoisotopic (exact) mass is 218 g/mol. The Bertz CT molecular complexity index is 356. The van der Waals surface area contributed by atoms with E-state index in [0.29, 0.717) is 0 Å². The number of nitrogen functional groups attached to an aromatic ring is 1. The number of nitrogens with zero attached hydrogens (tertiary/aromatic N) is 1. The maximum absolute atomic E-state index is 6.09. The Morgan fingerprint density at radius 3 is 2.75 bits per heavy atom. The molecule has 0 saturated heterocycles. The first-order valence-electron chi connectivity index (χ1n) is 6.35. The van der Waals surface area contributed by atoms with E-state index in [9.17, 15) is 0 Å². The van der Waals surface area contributed by atoms with E-state index in [-0.39, 0.29) is 0 Å². The van der Waals surface area contributed by atoms with Gasteiger partial charge < -0.3 is 10.6 Å². The molecule has 1 saturated carbocycles. The summed E-state index contributed by atoms with van der Waals surface area (Å²) in [6.45, 7) is 5.52. The van der Waals surface area contributed by atoms with Crippen LogP contribution in [0, 0.1) is 6.92 Å². The number of hydrogen-bond donors (Lipinski definition) is 1. The van der Waals surface area contributed by atoms with Crippen LogP contribution in [-0.4, -0.2) is 12.6 Å². The van der Waals surface area contributed by atoms with Crippen LogP contribution in [0.1, 0.15) is 38.2 Å². The van der Waals surface area contributed by atoms with Gasteiger partial charge in [-0.25, -0.2) is 0 Å². The van der Waals surface area contributed by atoms with Gasteiger partial charge in [-0.2, -0.15) is 0 Å². The second-order valence-corrected chi connectivity index (χ2v) is 4.84. The van der Waals surface area contributed by atoms with Crippen molar-refractivity contribution in [1.82, 2.24) is 0 Å². The van der Waals surface area contributed by atoms with Crippen LogP contribution in [0.4, 0.5) is 11.4 Å². The third-order valence-electron chi connectivity index (χ3n) is 3.24. The predicted octanol–water partition coefficient (Wildman–Crippen LogP) is 3.35. The Hall–Kier alpha value is -1.18. The first-order chi connectivity index (χ1) is 7.72. The molecule has 88 valence electrons. The summed E-state index contributed by atoms with van der Waals surface area (Å²) in [4.78, 5) is 2.51. The minimum absolute atomic E-state index is 0.746. The average molecular weight is 218 g/mol. The second kappa shape index (κ2) is 4.77. The molecular weight excluding hydrogens is 196 g/mol. The highest BCUT2D eigenvalue weighted by atomic mass is 15.2. The number of nitrogens with two attached hydrogens (primary N) is 1. The standard InChI is InChI=1S/C14H22N2/c1-3-4-9-16(12-6-7-12)14-10-11(2)5-8-13(14)15/h5,8,10,12H,3-4,6-7,9,15H2,1-2H3. The number of aryl methyl sites for hydroxylation is 1. The lowest BCUT2D eigenvalue weighted by Gasteiger charge is -2.26. The van der Waals surface area contributed by atoms with Crippen molar-refractivity contribution in [2.75, 3.05) is 17.2 Å². The Morgan fingerprint density at radius 2 is 2.12 bits per heavy atom. The molecule has 2 rings (SSSR count). The van der Waals surface area contributed by atoms with Gasteiger partial charge in [0, 0.05) is 12.6 Å². The van der Waals surface area contributed by atoms with Gasteiger partial charge in [0.05, 0.1) is 11.4 Å². The van der Waals surface area contributed by atoms with E-state index in [1.165, 1.54) is 36.9 Å². The molecule has 2 heteroatoms. The van der Waals surface area contributed by atoms with Crippen molar-refractivity contribution in [1.29, 1.82) is 0 Å². The SMILES string of the molecule is CCCCN(c1cc(C)ccc1N)C1CC1. The molecule has 0 unspecified atom stereocenters. The van der Waals surface area contributed by atoms with Gasteiger partial charge in [0.25, 0.3) is 0 Å². The normalized spacial score (nSPS) is 15.1. The number of unbranched alkanes of at least 4 members (excludes halogenated alkanes) is 1. The fourth-order valence-electron chi connectivity index (χ4n) is 2.12. The molecule has 1 aliphatic rings. The highest BCUT2D eigenvalue weighted by molar-refractivity contribution is 5.69. The number of anilines is 2. The lowest BCUT2D eigenvalue weighted by atomic mass is 10.1. The molecule has 0 radical (unpaired) electrons. The van der Waals surface area contributed by atoms with Gasteiger partial charge in [-0.05, 0) is 43.9 Å². The highest BCUT2D eigenvalue weighted by Gasteiger charge is 2.29. The molecule has 2 nitrogen and oxygen atoms in total. The van der Waals surface area contributed by atoms with E-state index in [1.807, 2.05) is 6.07 Å². The minimum Gasteiger partial charge on any atom is -0.397 e. The van der Waals surface area contributed by atoms with Crippen molar-refractivity contribution in [3.63, 3.8) is 0 Å². The van der Waals surface area contributed by atoms with Crippen LogP contribution in [0.5, 0.6) is 0 Å². The zero-order valence-corrected chi connectivity index (χ0v) is 10.4. The summed E-state index contributed by atoms with van der Waals surface area (Å²) in [5.41, 5.74) is 9.55.